The number of hydrogen-bond donors (Lipinski definition) is 1. The van der Waals surface area contributed by atoms with Gasteiger partial charge in [0.15, 0.2) is 0 Å². The Morgan fingerprint density at radius 3 is 2.56 bits per heavy atom. The Morgan fingerprint density at radius 1 is 1.06 bits per heavy atom. The molecule has 2 saturated carbocycles. The molecule has 2 aliphatic carbocycles. The van der Waals surface area contributed by atoms with Crippen molar-refractivity contribution in [2.45, 2.75) is 64.3 Å². The van der Waals surface area contributed by atoms with Crippen molar-refractivity contribution in [1.82, 2.24) is 4.90 Å². The maximum atomic E-state index is 6.34. The van der Waals surface area contributed by atoms with Gasteiger partial charge in [-0.2, -0.15) is 0 Å². The predicted octanol–water partition coefficient (Wildman–Crippen LogP) is 3.02. The summed E-state index contributed by atoms with van der Waals surface area (Å²) in [6, 6.07) is 0.446. The van der Waals surface area contributed by atoms with Crippen molar-refractivity contribution in [2.24, 2.45) is 23.0 Å². The average molecular weight is 250 g/mol. The van der Waals surface area contributed by atoms with Gasteiger partial charge >= 0.3 is 0 Å². The summed E-state index contributed by atoms with van der Waals surface area (Å²) in [6.07, 6.45) is 11.4. The topological polar surface area (TPSA) is 29.3 Å². The first kappa shape index (κ1) is 12.9. The Morgan fingerprint density at radius 2 is 1.83 bits per heavy atom. The van der Waals surface area contributed by atoms with Crippen LogP contribution in [0.3, 0.4) is 0 Å². The van der Waals surface area contributed by atoms with E-state index in [1.807, 2.05) is 0 Å². The van der Waals surface area contributed by atoms with Crippen molar-refractivity contribution < 1.29 is 0 Å². The molecule has 104 valence electrons. The summed E-state index contributed by atoms with van der Waals surface area (Å²) < 4.78 is 0. The lowest BCUT2D eigenvalue weighted by atomic mass is 9.74. The van der Waals surface area contributed by atoms with E-state index in [1.165, 1.54) is 71.0 Å². The van der Waals surface area contributed by atoms with E-state index in [0.29, 0.717) is 11.5 Å². The van der Waals surface area contributed by atoms with Gasteiger partial charge in [0.25, 0.3) is 0 Å². The molecule has 0 aromatic heterocycles. The van der Waals surface area contributed by atoms with Crippen LogP contribution >= 0.6 is 0 Å². The molecule has 0 radical (unpaired) electrons. The second-order valence-corrected chi connectivity index (χ2v) is 7.48. The summed E-state index contributed by atoms with van der Waals surface area (Å²) in [4.78, 5) is 2.75. The monoisotopic (exact) mass is 250 g/mol. The van der Waals surface area contributed by atoms with Gasteiger partial charge in [-0.25, -0.2) is 0 Å². The minimum Gasteiger partial charge on any atom is -0.327 e. The fraction of sp³-hybridized carbons (Fsp3) is 1.00. The largest absolute Gasteiger partial charge is 0.327 e. The number of nitrogens with two attached hydrogens (primary N) is 1. The molecule has 1 aliphatic heterocycles. The molecule has 0 bridgehead atoms. The second kappa shape index (κ2) is 5.13. The quantitative estimate of drug-likeness (QED) is 0.816. The average Bonchev–Trinajstić information content (AvgIpc) is 2.69. The van der Waals surface area contributed by atoms with Crippen LogP contribution < -0.4 is 5.73 Å². The van der Waals surface area contributed by atoms with Gasteiger partial charge in [0, 0.05) is 19.1 Å². The third-order valence-corrected chi connectivity index (χ3v) is 6.12. The molecule has 3 rings (SSSR count). The van der Waals surface area contributed by atoms with Crippen molar-refractivity contribution in [1.29, 1.82) is 0 Å². The van der Waals surface area contributed by atoms with Crippen LogP contribution in [0.25, 0.3) is 0 Å². The van der Waals surface area contributed by atoms with Crippen LogP contribution in [-0.2, 0) is 0 Å². The van der Waals surface area contributed by atoms with Gasteiger partial charge in [-0.05, 0) is 49.5 Å². The van der Waals surface area contributed by atoms with Gasteiger partial charge in [-0.15, -0.1) is 0 Å². The van der Waals surface area contributed by atoms with Gasteiger partial charge in [0.05, 0.1) is 0 Å². The van der Waals surface area contributed by atoms with E-state index in [0.717, 1.165) is 11.8 Å². The molecule has 3 aliphatic rings. The van der Waals surface area contributed by atoms with Crippen LogP contribution in [0.15, 0.2) is 0 Å². The molecule has 18 heavy (non-hydrogen) atoms. The summed E-state index contributed by atoms with van der Waals surface area (Å²) in [5, 5.41) is 0. The fourth-order valence-electron chi connectivity index (χ4n) is 4.79. The Balaban J connectivity index is 1.57. The molecule has 0 aromatic carbocycles. The van der Waals surface area contributed by atoms with E-state index in [2.05, 4.69) is 11.8 Å². The highest BCUT2D eigenvalue weighted by Gasteiger charge is 2.40. The van der Waals surface area contributed by atoms with Gasteiger partial charge in [-0.1, -0.05) is 32.6 Å². The molecule has 3 fully saturated rings. The van der Waals surface area contributed by atoms with Gasteiger partial charge in [0.2, 0.25) is 0 Å². The lowest BCUT2D eigenvalue weighted by Crippen LogP contribution is -2.49. The minimum absolute atomic E-state index is 0.404. The molecule has 4 unspecified atom stereocenters. The number of fused-ring (bicyclic) bond motifs is 1. The Hall–Kier alpha value is -0.0800. The van der Waals surface area contributed by atoms with Crippen molar-refractivity contribution in [3.8, 4) is 0 Å². The summed E-state index contributed by atoms with van der Waals surface area (Å²) in [6.45, 7) is 6.39. The van der Waals surface area contributed by atoms with E-state index in [9.17, 15) is 0 Å². The number of nitrogens with zero attached hydrogens (tertiary/aromatic N) is 1. The van der Waals surface area contributed by atoms with Crippen LogP contribution in [-0.4, -0.2) is 30.6 Å². The zero-order valence-electron chi connectivity index (χ0n) is 12.0. The molecule has 1 heterocycles. The summed E-state index contributed by atoms with van der Waals surface area (Å²) in [7, 11) is 0. The van der Waals surface area contributed by atoms with Crippen molar-refractivity contribution in [3.05, 3.63) is 0 Å². The third kappa shape index (κ3) is 2.46. The van der Waals surface area contributed by atoms with Crippen LogP contribution in [0.1, 0.15) is 58.3 Å². The minimum atomic E-state index is 0.404. The van der Waals surface area contributed by atoms with Crippen LogP contribution in [0.2, 0.25) is 0 Å². The molecule has 0 amide bonds. The highest BCUT2D eigenvalue weighted by atomic mass is 15.1. The van der Waals surface area contributed by atoms with E-state index in [-0.39, 0.29) is 0 Å². The van der Waals surface area contributed by atoms with Gasteiger partial charge < -0.3 is 10.6 Å². The Kier molecular flexibility index (Phi) is 3.68. The first-order valence-electron chi connectivity index (χ1n) is 8.15. The molecule has 0 spiro atoms. The molecule has 1 saturated heterocycles. The van der Waals surface area contributed by atoms with E-state index < -0.39 is 0 Å². The van der Waals surface area contributed by atoms with Crippen molar-refractivity contribution >= 4 is 0 Å². The van der Waals surface area contributed by atoms with Crippen LogP contribution in [0.5, 0.6) is 0 Å². The molecule has 2 heteroatoms. The number of likely N-dealkylation sites (tertiary alicyclic amines) is 1. The third-order valence-electron chi connectivity index (χ3n) is 6.12. The van der Waals surface area contributed by atoms with Gasteiger partial charge in [-0.3, -0.25) is 0 Å². The molecule has 2 nitrogen and oxygen atoms in total. The van der Waals surface area contributed by atoms with Crippen LogP contribution in [0, 0.1) is 17.3 Å². The zero-order chi connectivity index (χ0) is 12.6. The Bertz CT molecular complexity index is 291. The molecular formula is C16H30N2. The number of rotatable bonds is 2. The van der Waals surface area contributed by atoms with E-state index >= 15 is 0 Å². The Labute approximate surface area is 112 Å². The van der Waals surface area contributed by atoms with Crippen molar-refractivity contribution in [3.63, 3.8) is 0 Å². The molecule has 2 N–H and O–H groups in total. The van der Waals surface area contributed by atoms with Gasteiger partial charge in [0.1, 0.15) is 0 Å². The first-order valence-corrected chi connectivity index (χ1v) is 8.15. The lowest BCUT2D eigenvalue weighted by molar-refractivity contribution is 0.0535. The standard InChI is InChI=1S/C16H30N2/c1-16(9-4-7-15(16)17)12-18-10-8-13-5-2-3-6-14(13)11-18/h13-15H,2-12,17H2,1H3. The maximum absolute atomic E-state index is 6.34. The second-order valence-electron chi connectivity index (χ2n) is 7.48. The smallest absolute Gasteiger partial charge is 0.0105 e. The maximum Gasteiger partial charge on any atom is 0.0105 e. The van der Waals surface area contributed by atoms with Crippen LogP contribution in [0.4, 0.5) is 0 Å². The summed E-state index contributed by atoms with van der Waals surface area (Å²) in [5.41, 5.74) is 6.74. The number of piperidine rings is 1. The SMILES string of the molecule is CC1(CN2CCC3CCCCC3C2)CCCC1N. The lowest BCUT2D eigenvalue weighted by Gasteiger charge is -2.44. The first-order chi connectivity index (χ1) is 8.67. The molecule has 4 atom stereocenters. The van der Waals surface area contributed by atoms with E-state index in [4.69, 9.17) is 5.73 Å². The summed E-state index contributed by atoms with van der Waals surface area (Å²) >= 11 is 0. The predicted molar refractivity (Wildman–Crippen MR) is 76.4 cm³/mol. The fourth-order valence-corrected chi connectivity index (χ4v) is 4.79. The zero-order valence-corrected chi connectivity index (χ0v) is 12.0. The number of hydrogen-bond acceptors (Lipinski definition) is 2. The summed E-state index contributed by atoms with van der Waals surface area (Å²) in [5.74, 6) is 2.06. The highest BCUT2D eigenvalue weighted by Crippen LogP contribution is 2.40. The highest BCUT2D eigenvalue weighted by molar-refractivity contribution is 4.95. The van der Waals surface area contributed by atoms with E-state index in [1.54, 1.807) is 0 Å². The molecular weight excluding hydrogens is 220 g/mol. The molecule has 0 aromatic rings. The van der Waals surface area contributed by atoms with Crippen molar-refractivity contribution in [2.75, 3.05) is 19.6 Å². The normalized spacial score (nSPS) is 46.0.